The van der Waals surface area contributed by atoms with Crippen LogP contribution in [0.3, 0.4) is 0 Å². The highest BCUT2D eigenvalue weighted by Crippen LogP contribution is 2.40. The van der Waals surface area contributed by atoms with E-state index in [1.54, 1.807) is 11.0 Å². The molecular formula is C24H29NO6. The highest BCUT2D eigenvalue weighted by atomic mass is 16.7. The molecule has 0 aromatic heterocycles. The van der Waals surface area contributed by atoms with E-state index < -0.39 is 5.60 Å². The maximum atomic E-state index is 13.0. The monoisotopic (exact) mass is 427 g/mol. The second-order valence-electron chi connectivity index (χ2n) is 8.89. The van der Waals surface area contributed by atoms with Crippen LogP contribution in [0, 0.1) is 0 Å². The first kappa shape index (κ1) is 21.2. The van der Waals surface area contributed by atoms with E-state index in [1.807, 2.05) is 45.0 Å². The lowest BCUT2D eigenvalue weighted by atomic mass is 9.88. The Morgan fingerprint density at radius 2 is 1.97 bits per heavy atom. The first-order valence-electron chi connectivity index (χ1n) is 10.5. The molecule has 4 rings (SSSR count). The molecule has 0 radical (unpaired) electrons. The van der Waals surface area contributed by atoms with Gasteiger partial charge in [-0.05, 0) is 81.0 Å². The highest BCUT2D eigenvalue weighted by Gasteiger charge is 2.34. The minimum atomic E-state index is -0.578. The minimum absolute atomic E-state index is 0.112. The first-order chi connectivity index (χ1) is 14.7. The summed E-state index contributed by atoms with van der Waals surface area (Å²) in [6.45, 7) is 6.37. The fourth-order valence-corrected chi connectivity index (χ4v) is 4.13. The molecule has 2 aromatic carbocycles. The van der Waals surface area contributed by atoms with Crippen molar-refractivity contribution in [3.63, 3.8) is 0 Å². The summed E-state index contributed by atoms with van der Waals surface area (Å²) in [5.74, 6) is 2.01. The Kier molecular flexibility index (Phi) is 5.60. The van der Waals surface area contributed by atoms with Crippen LogP contribution in [-0.2, 0) is 17.6 Å². The van der Waals surface area contributed by atoms with E-state index in [-0.39, 0.29) is 24.7 Å². The lowest BCUT2D eigenvalue weighted by Crippen LogP contribution is -2.43. The van der Waals surface area contributed by atoms with Crippen molar-refractivity contribution in [2.24, 2.45) is 0 Å². The Morgan fingerprint density at radius 1 is 1.19 bits per heavy atom. The first-order valence-corrected chi connectivity index (χ1v) is 10.5. The molecule has 0 aliphatic carbocycles. The van der Waals surface area contributed by atoms with Crippen LogP contribution in [0.15, 0.2) is 30.3 Å². The van der Waals surface area contributed by atoms with Gasteiger partial charge in [0.15, 0.2) is 23.0 Å². The zero-order valence-electron chi connectivity index (χ0n) is 18.4. The maximum Gasteiger partial charge on any atom is 0.410 e. The number of hydrogen-bond donors (Lipinski definition) is 1. The number of phenols is 1. The molecule has 2 aliphatic heterocycles. The normalized spacial score (nSPS) is 17.3. The van der Waals surface area contributed by atoms with E-state index in [0.717, 1.165) is 34.6 Å². The number of aromatic hydroxyl groups is 1. The summed E-state index contributed by atoms with van der Waals surface area (Å²) in [5.41, 5.74) is 2.53. The van der Waals surface area contributed by atoms with Gasteiger partial charge in [-0.15, -0.1) is 0 Å². The predicted molar refractivity (Wildman–Crippen MR) is 115 cm³/mol. The van der Waals surface area contributed by atoms with Crippen molar-refractivity contribution in [3.8, 4) is 23.0 Å². The quantitative estimate of drug-likeness (QED) is 0.769. The maximum absolute atomic E-state index is 13.0. The van der Waals surface area contributed by atoms with Crippen LogP contribution in [0.1, 0.15) is 49.9 Å². The summed E-state index contributed by atoms with van der Waals surface area (Å²) in [7, 11) is 1.53. The average molecular weight is 427 g/mol. The van der Waals surface area contributed by atoms with Crippen LogP contribution in [0.5, 0.6) is 23.0 Å². The van der Waals surface area contributed by atoms with E-state index in [9.17, 15) is 9.90 Å². The van der Waals surface area contributed by atoms with Crippen LogP contribution in [0.2, 0.25) is 0 Å². The number of phenolic OH excluding ortho intramolecular Hbond substituents is 1. The van der Waals surface area contributed by atoms with Gasteiger partial charge in [0, 0.05) is 6.54 Å². The van der Waals surface area contributed by atoms with Gasteiger partial charge < -0.3 is 29.0 Å². The highest BCUT2D eigenvalue weighted by molar-refractivity contribution is 5.70. The van der Waals surface area contributed by atoms with Gasteiger partial charge >= 0.3 is 6.09 Å². The van der Waals surface area contributed by atoms with E-state index in [0.29, 0.717) is 25.1 Å². The zero-order valence-corrected chi connectivity index (χ0v) is 18.4. The molecule has 7 heteroatoms. The van der Waals surface area contributed by atoms with E-state index in [4.69, 9.17) is 18.9 Å². The number of benzene rings is 2. The molecule has 1 N–H and O–H groups in total. The van der Waals surface area contributed by atoms with Gasteiger partial charge in [0.05, 0.1) is 13.2 Å². The zero-order chi connectivity index (χ0) is 22.2. The number of aryl methyl sites for hydroxylation is 1. The van der Waals surface area contributed by atoms with Gasteiger partial charge in [-0.1, -0.05) is 6.07 Å². The Bertz CT molecular complexity index is 981. The average Bonchev–Trinajstić information content (AvgIpc) is 3.17. The molecule has 31 heavy (non-hydrogen) atoms. The number of rotatable bonds is 4. The molecule has 0 saturated heterocycles. The summed E-state index contributed by atoms with van der Waals surface area (Å²) in [6.07, 6.45) is 1.75. The summed E-state index contributed by atoms with van der Waals surface area (Å²) in [4.78, 5) is 14.8. The van der Waals surface area contributed by atoms with Gasteiger partial charge in [0.25, 0.3) is 0 Å². The van der Waals surface area contributed by atoms with E-state index in [2.05, 4.69) is 0 Å². The number of methoxy groups -OCH3 is 1. The van der Waals surface area contributed by atoms with Crippen LogP contribution >= 0.6 is 0 Å². The number of ether oxygens (including phenoxy) is 4. The van der Waals surface area contributed by atoms with Crippen molar-refractivity contribution in [1.82, 2.24) is 4.90 Å². The standard InChI is InChI=1S/C24H29NO6/c1-24(2,3)31-23(27)25-10-9-16-12-19(26)21(28-4)13-17(16)18(25)7-5-15-6-8-20-22(11-15)30-14-29-20/h6,8,11-13,18,26H,5,7,9-10,14H2,1-4H3/t18-/m0/s1. The third kappa shape index (κ3) is 4.50. The van der Waals surface area contributed by atoms with E-state index in [1.165, 1.54) is 7.11 Å². The van der Waals surface area contributed by atoms with Crippen molar-refractivity contribution in [3.05, 3.63) is 47.0 Å². The van der Waals surface area contributed by atoms with Gasteiger partial charge in [-0.25, -0.2) is 4.79 Å². The number of fused-ring (bicyclic) bond motifs is 2. The second kappa shape index (κ2) is 8.21. The largest absolute Gasteiger partial charge is 0.504 e. The molecule has 2 aromatic rings. The van der Waals surface area contributed by atoms with Crippen LogP contribution in [0.4, 0.5) is 4.79 Å². The molecule has 1 amide bonds. The second-order valence-corrected chi connectivity index (χ2v) is 8.89. The van der Waals surface area contributed by atoms with Crippen LogP contribution < -0.4 is 14.2 Å². The Morgan fingerprint density at radius 3 is 2.71 bits per heavy atom. The summed E-state index contributed by atoms with van der Waals surface area (Å²) >= 11 is 0. The van der Waals surface area contributed by atoms with Crippen LogP contribution in [0.25, 0.3) is 0 Å². The Labute approximate surface area is 182 Å². The van der Waals surface area contributed by atoms with Crippen molar-refractivity contribution < 1.29 is 28.8 Å². The van der Waals surface area contributed by atoms with E-state index >= 15 is 0 Å². The molecule has 0 fully saturated rings. The third-order valence-electron chi connectivity index (χ3n) is 5.57. The molecule has 166 valence electrons. The molecule has 0 bridgehead atoms. The SMILES string of the molecule is COc1cc2c(cc1O)CCN(C(=O)OC(C)(C)C)[C@H]2CCc1ccc2c(c1)OCO2. The number of carbonyl (C=O) groups is 1. The van der Waals surface area contributed by atoms with Gasteiger partial charge in [-0.3, -0.25) is 0 Å². The number of amides is 1. The Balaban J connectivity index is 1.62. The van der Waals surface area contributed by atoms with Gasteiger partial charge in [0.1, 0.15) is 5.60 Å². The van der Waals surface area contributed by atoms with Crippen LogP contribution in [-0.4, -0.2) is 42.1 Å². The van der Waals surface area contributed by atoms with Crippen molar-refractivity contribution >= 4 is 6.09 Å². The predicted octanol–water partition coefficient (Wildman–Crippen LogP) is 4.60. The smallest absolute Gasteiger partial charge is 0.410 e. The fraction of sp³-hybridized carbons (Fsp3) is 0.458. The molecule has 2 aliphatic rings. The summed E-state index contributed by atoms with van der Waals surface area (Å²) in [5, 5.41) is 10.2. The molecule has 7 nitrogen and oxygen atoms in total. The molecule has 2 heterocycles. The van der Waals surface area contributed by atoms with Crippen molar-refractivity contribution in [2.75, 3.05) is 20.4 Å². The molecule has 0 unspecified atom stereocenters. The summed E-state index contributed by atoms with van der Waals surface area (Å²) in [6, 6.07) is 9.31. The van der Waals surface area contributed by atoms with Crippen molar-refractivity contribution in [1.29, 1.82) is 0 Å². The summed E-state index contributed by atoms with van der Waals surface area (Å²) < 4.78 is 21.9. The van der Waals surface area contributed by atoms with Crippen molar-refractivity contribution in [2.45, 2.75) is 51.7 Å². The lowest BCUT2D eigenvalue weighted by molar-refractivity contribution is 0.0132. The number of nitrogens with zero attached hydrogens (tertiary/aromatic N) is 1. The molecule has 0 spiro atoms. The molecule has 0 saturated carbocycles. The third-order valence-corrected chi connectivity index (χ3v) is 5.57. The molecular weight excluding hydrogens is 398 g/mol. The number of hydrogen-bond acceptors (Lipinski definition) is 6. The topological polar surface area (TPSA) is 77.5 Å². The Hall–Kier alpha value is -3.09. The lowest BCUT2D eigenvalue weighted by Gasteiger charge is -2.38. The molecule has 1 atom stereocenters. The number of carbonyl (C=O) groups excluding carboxylic acids is 1. The minimum Gasteiger partial charge on any atom is -0.504 e. The van der Waals surface area contributed by atoms with Gasteiger partial charge in [-0.2, -0.15) is 0 Å². The fourth-order valence-electron chi connectivity index (χ4n) is 4.13. The van der Waals surface area contributed by atoms with Gasteiger partial charge in [0.2, 0.25) is 6.79 Å².